The molecule has 0 radical (unpaired) electrons. The SMILES string of the molecule is O=C(C=Cc1ccc(O)c(O[C@@H]2O[C@H](CO)[C@@H](O)[C@H](O)[C@H]2O)c1)OC[C@H]1O[C@@H](O[C@H]2[C@H](Oc3cc4c(O)cc(=O)cc-4oc3-c3ccc(O)cc3)O[C@H](CO)[C@@H](O)[C@@H]2O)[C@H](O)[C@@H](O)[C@@H]1O. The molecule has 23 nitrogen and oxygen atoms in total. The van der Waals surface area contributed by atoms with E-state index in [9.17, 15) is 76.0 Å². The van der Waals surface area contributed by atoms with Gasteiger partial charge in [-0.2, -0.15) is 0 Å². The molecule has 3 saturated heterocycles. The minimum absolute atomic E-state index is 0.0151. The van der Waals surface area contributed by atoms with Crippen LogP contribution >= 0.6 is 0 Å². The molecule has 0 bridgehead atoms. The second kappa shape index (κ2) is 19.9. The van der Waals surface area contributed by atoms with E-state index in [-0.39, 0.29) is 45.5 Å². The van der Waals surface area contributed by atoms with Gasteiger partial charge in [-0.25, -0.2) is 4.79 Å². The van der Waals surface area contributed by atoms with Crippen molar-refractivity contribution in [2.45, 2.75) is 92.1 Å². The largest absolute Gasteiger partial charge is 0.508 e. The average molecular weight is 919 g/mol. The number of phenols is 3. The first-order valence-electron chi connectivity index (χ1n) is 19.9. The Morgan fingerprint density at radius 1 is 0.615 bits per heavy atom. The summed E-state index contributed by atoms with van der Waals surface area (Å²) < 4.78 is 45.4. The van der Waals surface area contributed by atoms with Crippen molar-refractivity contribution in [3.8, 4) is 51.4 Å². The second-order valence-electron chi connectivity index (χ2n) is 15.3. The van der Waals surface area contributed by atoms with Crippen molar-refractivity contribution in [2.24, 2.45) is 0 Å². The molecule has 2 aromatic rings. The number of carbonyl (C=O) groups is 1. The van der Waals surface area contributed by atoms with E-state index in [0.717, 1.165) is 24.3 Å². The Kier molecular flexibility index (Phi) is 14.6. The van der Waals surface area contributed by atoms with E-state index >= 15 is 0 Å². The minimum Gasteiger partial charge on any atom is -0.508 e. The van der Waals surface area contributed by atoms with Crippen molar-refractivity contribution in [1.82, 2.24) is 0 Å². The number of benzene rings is 3. The number of carbonyl (C=O) groups excluding carboxylic acids is 1. The van der Waals surface area contributed by atoms with Crippen molar-refractivity contribution >= 4 is 12.0 Å². The molecule has 15 atom stereocenters. The van der Waals surface area contributed by atoms with Gasteiger partial charge in [0.25, 0.3) is 0 Å². The van der Waals surface area contributed by atoms with E-state index < -0.39 is 135 Å². The molecule has 1 aliphatic carbocycles. The fourth-order valence-electron chi connectivity index (χ4n) is 7.21. The van der Waals surface area contributed by atoms with Gasteiger partial charge in [0, 0.05) is 23.8 Å². The van der Waals surface area contributed by atoms with Crippen LogP contribution < -0.4 is 14.9 Å². The molecule has 7 rings (SSSR count). The third-order valence-electron chi connectivity index (χ3n) is 10.8. The van der Waals surface area contributed by atoms with Gasteiger partial charge in [0.1, 0.15) is 91.0 Å². The van der Waals surface area contributed by atoms with E-state index in [1.165, 1.54) is 48.5 Å². The molecule has 352 valence electrons. The van der Waals surface area contributed by atoms with Gasteiger partial charge in [-0.1, -0.05) is 6.07 Å². The molecule has 0 unspecified atom stereocenters. The third kappa shape index (κ3) is 10.2. The molecule has 65 heavy (non-hydrogen) atoms. The highest BCUT2D eigenvalue weighted by Gasteiger charge is 2.52. The molecule has 23 heteroatoms. The van der Waals surface area contributed by atoms with E-state index in [4.69, 9.17) is 37.6 Å². The van der Waals surface area contributed by atoms with Crippen molar-refractivity contribution in [1.29, 1.82) is 0 Å². The first-order valence-corrected chi connectivity index (χ1v) is 19.9. The number of ether oxygens (including phenoxy) is 7. The fourth-order valence-corrected chi connectivity index (χ4v) is 7.21. The number of esters is 1. The number of hydrogen-bond donors (Lipinski definition) is 13. The molecule has 0 spiro atoms. The number of aromatic hydroxyl groups is 3. The Bertz CT molecular complexity index is 2320. The zero-order valence-electron chi connectivity index (χ0n) is 33.6. The molecule has 5 aliphatic rings. The van der Waals surface area contributed by atoms with E-state index in [1.807, 2.05) is 0 Å². The lowest BCUT2D eigenvalue weighted by molar-refractivity contribution is -0.358. The maximum absolute atomic E-state index is 12.8. The van der Waals surface area contributed by atoms with Gasteiger partial charge in [0.05, 0.1) is 18.8 Å². The summed E-state index contributed by atoms with van der Waals surface area (Å²) >= 11 is 0. The van der Waals surface area contributed by atoms with E-state index in [1.54, 1.807) is 0 Å². The first-order chi connectivity index (χ1) is 31.0. The Morgan fingerprint density at radius 3 is 1.89 bits per heavy atom. The average Bonchev–Trinajstić information content (AvgIpc) is 3.28. The molecule has 13 N–H and O–H groups in total. The van der Waals surface area contributed by atoms with Crippen LogP contribution in [0.5, 0.6) is 28.7 Å². The number of aliphatic hydroxyl groups excluding tert-OH is 10. The normalized spacial score (nSPS) is 32.9. The second-order valence-corrected chi connectivity index (χ2v) is 15.3. The maximum atomic E-state index is 12.8. The van der Waals surface area contributed by atoms with Crippen LogP contribution in [0.1, 0.15) is 5.56 Å². The lowest BCUT2D eigenvalue weighted by Gasteiger charge is -2.46. The summed E-state index contributed by atoms with van der Waals surface area (Å²) in [5, 5.41) is 135. The van der Waals surface area contributed by atoms with Crippen molar-refractivity contribution in [3.63, 3.8) is 0 Å². The molecule has 4 heterocycles. The first kappa shape index (κ1) is 47.5. The summed E-state index contributed by atoms with van der Waals surface area (Å²) in [7, 11) is 0. The molecule has 0 aromatic heterocycles. The highest BCUT2D eigenvalue weighted by Crippen LogP contribution is 2.42. The van der Waals surface area contributed by atoms with Crippen LogP contribution in [0, 0.1) is 0 Å². The summed E-state index contributed by atoms with van der Waals surface area (Å²) in [6.45, 7) is -2.34. The highest BCUT2D eigenvalue weighted by molar-refractivity contribution is 5.87. The van der Waals surface area contributed by atoms with Crippen LogP contribution in [0.4, 0.5) is 0 Å². The topological polar surface area (TPSA) is 375 Å². The summed E-state index contributed by atoms with van der Waals surface area (Å²) in [6.07, 6.45) is -24.5. The van der Waals surface area contributed by atoms with Crippen LogP contribution in [0.3, 0.4) is 0 Å². The minimum atomic E-state index is -2.05. The molecule has 0 amide bonds. The standard InChI is InChI=1S/C42H46O23/c43-13-26-30(50)33(53)36(56)40(62-26)60-24-9-16(1-7-21(24)47)2-8-29(49)58-15-28-32(52)34(54)37(57)41(64-28)65-39-35(55)31(51)27(14-44)63-42(39)61-25-12-20-22(48)10-19(46)11-23(20)59-38(25)17-3-5-18(45)6-4-17/h1-12,26-28,30-37,39-45,47-48,50-57H,13-15H2/t26-,27-,28-,30-,31-,32-,33+,34+,35+,36-,37-,39-,40-,41+,42-/m1/s1. The van der Waals surface area contributed by atoms with Gasteiger partial charge >= 0.3 is 5.97 Å². The highest BCUT2D eigenvalue weighted by atomic mass is 16.8. The monoisotopic (exact) mass is 918 g/mol. The molecular weight excluding hydrogens is 872 g/mol. The molecule has 4 aliphatic heterocycles. The number of fused-ring (bicyclic) bond motifs is 1. The smallest absolute Gasteiger partial charge is 0.330 e. The lowest BCUT2D eigenvalue weighted by Crippen LogP contribution is -2.65. The summed E-state index contributed by atoms with van der Waals surface area (Å²) in [5.74, 6) is -2.77. The Hall–Kier alpha value is -5.48. The Balaban J connectivity index is 1.06. The number of phenolic OH excluding ortho intramolecular Hbond substituents is 3. The molecule has 3 fully saturated rings. The zero-order valence-corrected chi connectivity index (χ0v) is 33.6. The summed E-state index contributed by atoms with van der Waals surface area (Å²) in [6, 6.07) is 12.5. The fraction of sp³-hybridized carbons (Fsp3) is 0.429. The van der Waals surface area contributed by atoms with Crippen LogP contribution in [-0.4, -0.2) is 184 Å². The van der Waals surface area contributed by atoms with Crippen LogP contribution in [0.15, 0.2) is 76.0 Å². The number of rotatable bonds is 13. The van der Waals surface area contributed by atoms with Crippen LogP contribution in [-0.2, 0) is 28.5 Å². The van der Waals surface area contributed by atoms with E-state index in [0.29, 0.717) is 0 Å². The van der Waals surface area contributed by atoms with Gasteiger partial charge in [-0.05, 0) is 54.1 Å². The quantitative estimate of drug-likeness (QED) is 0.0469. The molecule has 0 saturated carbocycles. The zero-order chi connectivity index (χ0) is 46.9. The van der Waals surface area contributed by atoms with Crippen LogP contribution in [0.25, 0.3) is 28.7 Å². The van der Waals surface area contributed by atoms with Gasteiger partial charge < -0.3 is 104 Å². The number of hydrogen-bond acceptors (Lipinski definition) is 23. The Morgan fingerprint density at radius 2 is 1.22 bits per heavy atom. The molecule has 2 aromatic carbocycles. The maximum Gasteiger partial charge on any atom is 0.330 e. The van der Waals surface area contributed by atoms with Gasteiger partial charge in [-0.3, -0.25) is 4.79 Å². The molecular formula is C42H46O23. The van der Waals surface area contributed by atoms with Crippen molar-refractivity contribution in [3.05, 3.63) is 82.5 Å². The van der Waals surface area contributed by atoms with Gasteiger partial charge in [-0.15, -0.1) is 0 Å². The van der Waals surface area contributed by atoms with Crippen LogP contribution in [0.2, 0.25) is 0 Å². The van der Waals surface area contributed by atoms with E-state index in [2.05, 4.69) is 0 Å². The predicted octanol–water partition coefficient (Wildman–Crippen LogP) is -3.03. The third-order valence-corrected chi connectivity index (χ3v) is 10.8. The summed E-state index contributed by atoms with van der Waals surface area (Å²) in [4.78, 5) is 25.0. The van der Waals surface area contributed by atoms with Crippen molar-refractivity contribution < 1.29 is 109 Å². The van der Waals surface area contributed by atoms with Gasteiger partial charge in [0.15, 0.2) is 40.8 Å². The summed E-state index contributed by atoms with van der Waals surface area (Å²) in [5.41, 5.74) is -0.116. The Labute approximate surface area is 366 Å². The van der Waals surface area contributed by atoms with Gasteiger partial charge in [0.2, 0.25) is 12.6 Å². The lowest BCUT2D eigenvalue weighted by atomic mass is 9.97. The van der Waals surface area contributed by atoms with Crippen molar-refractivity contribution in [2.75, 3.05) is 19.8 Å². The number of aliphatic hydroxyl groups is 10. The predicted molar refractivity (Wildman–Crippen MR) is 213 cm³/mol.